The number of fused-ring (bicyclic) bond motifs is 2. The molecule has 0 radical (unpaired) electrons. The number of carbonyl (C=O) groups excluding carboxylic acids is 2. The predicted octanol–water partition coefficient (Wildman–Crippen LogP) is 4.21. The second kappa shape index (κ2) is 9.79. The van der Waals surface area contributed by atoms with Gasteiger partial charge in [-0.05, 0) is 17.7 Å². The van der Waals surface area contributed by atoms with Crippen LogP contribution in [0.15, 0.2) is 83.7 Å². The highest BCUT2D eigenvalue weighted by Gasteiger charge is 2.24. The van der Waals surface area contributed by atoms with E-state index >= 15 is 0 Å². The highest BCUT2D eigenvalue weighted by molar-refractivity contribution is 6.07. The number of nitrogens with zero attached hydrogens (tertiary/aromatic N) is 2. The first kappa shape index (κ1) is 22.9. The number of ether oxygens (including phenoxy) is 2. The van der Waals surface area contributed by atoms with Crippen LogP contribution in [0.25, 0.3) is 32.8 Å². The number of hydrogen-bond donors (Lipinski definition) is 1. The van der Waals surface area contributed by atoms with Crippen LogP contribution >= 0.6 is 0 Å². The lowest BCUT2D eigenvalue weighted by Gasteiger charge is -2.16. The SMILES string of the molecule is COC(=O)c1c(COC(=O)Cc2n[nH]c(=O)c3ccccc23)nc2ccccc2c1-c1ccccc1. The molecule has 2 aromatic heterocycles. The number of esters is 2. The third-order valence-electron chi connectivity index (χ3n) is 5.88. The van der Waals surface area contributed by atoms with Crippen molar-refractivity contribution in [3.05, 3.63) is 106 Å². The molecule has 0 spiro atoms. The summed E-state index contributed by atoms with van der Waals surface area (Å²) in [5.41, 5.74) is 2.71. The number of nitrogens with one attached hydrogen (secondary N) is 1. The number of H-pyrrole nitrogens is 1. The molecule has 36 heavy (non-hydrogen) atoms. The normalized spacial score (nSPS) is 10.9. The van der Waals surface area contributed by atoms with Gasteiger partial charge in [-0.25, -0.2) is 14.9 Å². The number of hydrogen-bond acceptors (Lipinski definition) is 7. The van der Waals surface area contributed by atoms with Crippen LogP contribution in [-0.4, -0.2) is 34.2 Å². The lowest BCUT2D eigenvalue weighted by atomic mass is 9.94. The number of pyridine rings is 1. The van der Waals surface area contributed by atoms with Crippen molar-refractivity contribution in [2.75, 3.05) is 7.11 Å². The summed E-state index contributed by atoms with van der Waals surface area (Å²) in [6.07, 6.45) is -0.163. The summed E-state index contributed by atoms with van der Waals surface area (Å²) >= 11 is 0. The largest absolute Gasteiger partial charge is 0.465 e. The van der Waals surface area contributed by atoms with E-state index in [9.17, 15) is 14.4 Å². The zero-order chi connectivity index (χ0) is 25.1. The van der Waals surface area contributed by atoms with Gasteiger partial charge in [-0.15, -0.1) is 0 Å². The Balaban J connectivity index is 1.51. The Kier molecular flexibility index (Phi) is 6.23. The molecule has 5 rings (SSSR count). The average molecular weight is 479 g/mol. The number of aromatic nitrogens is 3. The third kappa shape index (κ3) is 4.32. The Morgan fingerprint density at radius 1 is 0.833 bits per heavy atom. The van der Waals surface area contributed by atoms with Gasteiger partial charge in [0, 0.05) is 16.3 Å². The zero-order valence-corrected chi connectivity index (χ0v) is 19.4. The Labute approximate surface area is 205 Å². The molecule has 2 heterocycles. The van der Waals surface area contributed by atoms with E-state index in [4.69, 9.17) is 9.47 Å². The molecule has 178 valence electrons. The fourth-order valence-electron chi connectivity index (χ4n) is 4.24. The van der Waals surface area contributed by atoms with Crippen LogP contribution in [0.2, 0.25) is 0 Å². The lowest BCUT2D eigenvalue weighted by Crippen LogP contribution is -2.17. The molecule has 3 aromatic carbocycles. The number of para-hydroxylation sites is 1. The molecule has 0 amide bonds. The van der Waals surface area contributed by atoms with Crippen molar-refractivity contribution in [3.63, 3.8) is 0 Å². The van der Waals surface area contributed by atoms with E-state index in [0.29, 0.717) is 27.5 Å². The molecule has 8 heteroatoms. The maximum absolute atomic E-state index is 12.9. The molecule has 0 saturated carbocycles. The molecule has 0 aliphatic rings. The summed E-state index contributed by atoms with van der Waals surface area (Å²) < 4.78 is 10.6. The van der Waals surface area contributed by atoms with Crippen molar-refractivity contribution < 1.29 is 19.1 Å². The fraction of sp³-hybridized carbons (Fsp3) is 0.107. The van der Waals surface area contributed by atoms with E-state index in [1.807, 2.05) is 54.6 Å². The van der Waals surface area contributed by atoms with Crippen LogP contribution < -0.4 is 5.56 Å². The summed E-state index contributed by atoms with van der Waals surface area (Å²) in [5, 5.41) is 8.23. The molecular formula is C28H21N3O5. The number of rotatable bonds is 6. The minimum absolute atomic E-state index is 0.163. The lowest BCUT2D eigenvalue weighted by molar-refractivity contribution is -0.144. The fourth-order valence-corrected chi connectivity index (χ4v) is 4.24. The topological polar surface area (TPSA) is 111 Å². The Morgan fingerprint density at radius 3 is 2.25 bits per heavy atom. The highest BCUT2D eigenvalue weighted by atomic mass is 16.5. The molecule has 0 fully saturated rings. The number of aromatic amines is 1. The third-order valence-corrected chi connectivity index (χ3v) is 5.88. The van der Waals surface area contributed by atoms with Crippen molar-refractivity contribution in [3.8, 4) is 11.1 Å². The van der Waals surface area contributed by atoms with Gasteiger partial charge in [0.1, 0.15) is 6.61 Å². The van der Waals surface area contributed by atoms with Crippen LogP contribution in [-0.2, 0) is 27.3 Å². The van der Waals surface area contributed by atoms with E-state index in [-0.39, 0.29) is 29.8 Å². The molecule has 0 bridgehead atoms. The maximum atomic E-state index is 12.9. The van der Waals surface area contributed by atoms with Gasteiger partial charge in [0.05, 0.1) is 41.4 Å². The van der Waals surface area contributed by atoms with Crippen molar-refractivity contribution in [1.29, 1.82) is 0 Å². The second-order valence-corrected chi connectivity index (χ2v) is 8.07. The number of carbonyl (C=O) groups is 2. The molecular weight excluding hydrogens is 458 g/mol. The summed E-state index contributed by atoms with van der Waals surface area (Å²) in [7, 11) is 1.30. The summed E-state index contributed by atoms with van der Waals surface area (Å²) in [6, 6.07) is 23.8. The summed E-state index contributed by atoms with van der Waals surface area (Å²) in [6.45, 7) is -0.241. The first-order valence-electron chi connectivity index (χ1n) is 11.2. The first-order chi connectivity index (χ1) is 17.6. The Morgan fingerprint density at radius 2 is 1.50 bits per heavy atom. The Bertz CT molecular complexity index is 1660. The maximum Gasteiger partial charge on any atom is 0.340 e. The molecule has 0 atom stereocenters. The molecule has 8 nitrogen and oxygen atoms in total. The summed E-state index contributed by atoms with van der Waals surface area (Å²) in [5.74, 6) is -1.15. The van der Waals surface area contributed by atoms with Crippen molar-refractivity contribution in [2.24, 2.45) is 0 Å². The zero-order valence-electron chi connectivity index (χ0n) is 19.4. The van der Waals surface area contributed by atoms with Gasteiger partial charge >= 0.3 is 11.9 Å². The van der Waals surface area contributed by atoms with Crippen LogP contribution in [0, 0.1) is 0 Å². The standard InChI is InChI=1S/C28H21N3O5/c1-35-28(34)26-23(29-21-14-8-7-13-20(21)25(26)17-9-3-2-4-10-17)16-36-24(32)15-22-18-11-5-6-12-19(18)27(33)31-30-22/h2-14H,15-16H2,1H3,(H,31,33). The van der Waals surface area contributed by atoms with Gasteiger partial charge in [-0.3, -0.25) is 9.59 Å². The van der Waals surface area contributed by atoms with Crippen LogP contribution in [0.4, 0.5) is 0 Å². The van der Waals surface area contributed by atoms with E-state index in [1.165, 1.54) is 7.11 Å². The second-order valence-electron chi connectivity index (χ2n) is 8.07. The molecule has 1 N–H and O–H groups in total. The molecule has 0 aliphatic heterocycles. The van der Waals surface area contributed by atoms with Gasteiger partial charge in [-0.2, -0.15) is 5.10 Å². The van der Waals surface area contributed by atoms with E-state index in [1.54, 1.807) is 24.3 Å². The van der Waals surface area contributed by atoms with Crippen LogP contribution in [0.5, 0.6) is 0 Å². The van der Waals surface area contributed by atoms with Gasteiger partial charge in [0.15, 0.2) is 0 Å². The first-order valence-corrected chi connectivity index (χ1v) is 11.2. The van der Waals surface area contributed by atoms with E-state index < -0.39 is 11.9 Å². The predicted molar refractivity (Wildman–Crippen MR) is 134 cm³/mol. The highest BCUT2D eigenvalue weighted by Crippen LogP contribution is 2.34. The van der Waals surface area contributed by atoms with Crippen LogP contribution in [0.1, 0.15) is 21.7 Å². The molecule has 0 aliphatic carbocycles. The van der Waals surface area contributed by atoms with Crippen molar-refractivity contribution in [2.45, 2.75) is 13.0 Å². The quantitative estimate of drug-likeness (QED) is 0.363. The molecule has 0 saturated heterocycles. The van der Waals surface area contributed by atoms with Crippen molar-refractivity contribution in [1.82, 2.24) is 15.2 Å². The number of methoxy groups -OCH3 is 1. The van der Waals surface area contributed by atoms with E-state index in [2.05, 4.69) is 15.2 Å². The number of benzene rings is 3. The van der Waals surface area contributed by atoms with Gasteiger partial charge in [0.25, 0.3) is 5.56 Å². The summed E-state index contributed by atoms with van der Waals surface area (Å²) in [4.78, 5) is 42.4. The minimum Gasteiger partial charge on any atom is -0.465 e. The smallest absolute Gasteiger partial charge is 0.340 e. The van der Waals surface area contributed by atoms with Gasteiger partial charge in [0.2, 0.25) is 0 Å². The van der Waals surface area contributed by atoms with Gasteiger partial charge in [-0.1, -0.05) is 66.7 Å². The molecule has 5 aromatic rings. The monoisotopic (exact) mass is 479 g/mol. The average Bonchev–Trinajstić information content (AvgIpc) is 2.92. The van der Waals surface area contributed by atoms with Crippen LogP contribution in [0.3, 0.4) is 0 Å². The van der Waals surface area contributed by atoms with Gasteiger partial charge < -0.3 is 9.47 Å². The molecule has 0 unspecified atom stereocenters. The Hall–Kier alpha value is -4.85. The van der Waals surface area contributed by atoms with E-state index in [0.717, 1.165) is 10.9 Å². The van der Waals surface area contributed by atoms with Crippen molar-refractivity contribution >= 4 is 33.6 Å². The minimum atomic E-state index is -0.577.